The van der Waals surface area contributed by atoms with Gasteiger partial charge in [-0.25, -0.2) is 29.1 Å². The molecule has 0 aromatic carbocycles. The van der Waals surface area contributed by atoms with Crippen LogP contribution in [0.4, 0.5) is 10.6 Å². The number of aliphatic hydroxyl groups is 2. The second-order valence-electron chi connectivity index (χ2n) is 10.6. The van der Waals surface area contributed by atoms with Crippen LogP contribution in [0.1, 0.15) is 32.7 Å². The number of hydrogen-bond acceptors (Lipinski definition) is 18. The number of ether oxygens (including phenoxy) is 5. The van der Waals surface area contributed by atoms with Gasteiger partial charge in [-0.05, 0) is 13.8 Å². The van der Waals surface area contributed by atoms with Gasteiger partial charge in [0.25, 0.3) is 5.56 Å². The normalized spacial score (nSPS) is 27.3. The fourth-order valence-electron chi connectivity index (χ4n) is 4.98. The van der Waals surface area contributed by atoms with Gasteiger partial charge in [0, 0.05) is 37.2 Å². The summed E-state index contributed by atoms with van der Waals surface area (Å²) in [7, 11) is 1.28. The molecule has 0 bridgehead atoms. The van der Waals surface area contributed by atoms with Crippen molar-refractivity contribution in [3.63, 3.8) is 0 Å². The number of anilines is 1. The lowest BCUT2D eigenvalue weighted by atomic mass is 10.1. The van der Waals surface area contributed by atoms with Gasteiger partial charge in [-0.3, -0.25) is 28.0 Å². The number of nitrogens with one attached hydrogen (secondary N) is 1. The molecule has 8 atom stereocenters. The number of hydrogen-bond donors (Lipinski definition) is 4. The summed E-state index contributed by atoms with van der Waals surface area (Å²) < 4.78 is 55.8. The third-order valence-corrected chi connectivity index (χ3v) is 10.5. The van der Waals surface area contributed by atoms with E-state index in [9.17, 15) is 29.2 Å². The van der Waals surface area contributed by atoms with Crippen molar-refractivity contribution in [2.45, 2.75) is 69.3 Å². The molecule has 5 rings (SSSR count). The molecule has 0 radical (unpaired) electrons. The molecule has 5 N–H and O–H groups in total. The van der Waals surface area contributed by atoms with Gasteiger partial charge < -0.3 is 39.6 Å². The summed E-state index contributed by atoms with van der Waals surface area (Å²) >= 11 is 0.476. The lowest BCUT2D eigenvalue weighted by Gasteiger charge is -2.28. The average molecular weight is 704 g/mol. The van der Waals surface area contributed by atoms with Crippen LogP contribution in [0.3, 0.4) is 0 Å². The Hall–Kier alpha value is -3.40. The zero-order valence-corrected chi connectivity index (χ0v) is 27.0. The van der Waals surface area contributed by atoms with E-state index in [0.717, 1.165) is 10.6 Å². The van der Waals surface area contributed by atoms with E-state index in [1.807, 2.05) is 0 Å². The first kappa shape index (κ1) is 34.9. The molecule has 2 saturated heterocycles. The van der Waals surface area contributed by atoms with Crippen LogP contribution in [0, 0.1) is 0 Å². The van der Waals surface area contributed by atoms with Crippen LogP contribution >= 0.6 is 18.2 Å². The molecular weight excluding hydrogens is 669 g/mol. The third-order valence-electron chi connectivity index (χ3n) is 7.13. The predicted molar refractivity (Wildman–Crippen MR) is 161 cm³/mol. The summed E-state index contributed by atoms with van der Waals surface area (Å²) in [4.78, 5) is 50.5. The van der Waals surface area contributed by atoms with Crippen LogP contribution in [0.25, 0.3) is 11.2 Å². The van der Waals surface area contributed by atoms with Crippen molar-refractivity contribution in [1.29, 1.82) is 0 Å². The minimum absolute atomic E-state index is 0.0935. The number of H-pyrrole nitrogens is 1. The molecule has 2 fully saturated rings. The molecule has 2 aliphatic heterocycles. The number of nitrogen functional groups attached to an aromatic ring is 1. The summed E-state index contributed by atoms with van der Waals surface area (Å²) in [6, 6.07) is 1.09. The van der Waals surface area contributed by atoms with Crippen molar-refractivity contribution in [3.05, 3.63) is 45.8 Å². The van der Waals surface area contributed by atoms with Crippen LogP contribution in [0.15, 0.2) is 34.5 Å². The first-order chi connectivity index (χ1) is 22.4. The van der Waals surface area contributed by atoms with E-state index in [4.69, 9.17) is 38.5 Å². The number of carbonyl (C=O) groups is 1. The van der Waals surface area contributed by atoms with Gasteiger partial charge >= 0.3 is 18.6 Å². The van der Waals surface area contributed by atoms with Gasteiger partial charge in [-0.1, -0.05) is 0 Å². The van der Waals surface area contributed by atoms with E-state index in [2.05, 4.69) is 19.9 Å². The van der Waals surface area contributed by atoms with Gasteiger partial charge in [0.1, 0.15) is 42.5 Å². The van der Waals surface area contributed by atoms with E-state index in [0.29, 0.717) is 22.5 Å². The lowest BCUT2D eigenvalue weighted by molar-refractivity contribution is -0.0625. The molecule has 3 aromatic heterocycles. The Morgan fingerprint density at radius 1 is 1.21 bits per heavy atom. The van der Waals surface area contributed by atoms with E-state index in [1.54, 1.807) is 18.4 Å². The highest BCUT2D eigenvalue weighted by Crippen LogP contribution is 2.63. The molecule has 5 heterocycles. The monoisotopic (exact) mass is 703 g/mol. The fraction of sp³-hybridized carbons (Fsp3) is 0.600. The number of aromatic amines is 1. The van der Waals surface area contributed by atoms with E-state index >= 15 is 0 Å². The molecule has 22 heteroatoms. The van der Waals surface area contributed by atoms with Crippen LogP contribution in [0.5, 0.6) is 0 Å². The van der Waals surface area contributed by atoms with Gasteiger partial charge in [0.2, 0.25) is 0 Å². The van der Waals surface area contributed by atoms with Crippen molar-refractivity contribution >= 4 is 41.3 Å². The summed E-state index contributed by atoms with van der Waals surface area (Å²) in [5.74, 6) is -0.375. The summed E-state index contributed by atoms with van der Waals surface area (Å²) in [6.07, 6.45) is -5.23. The zero-order valence-electron chi connectivity index (χ0n) is 25.3. The van der Waals surface area contributed by atoms with E-state index in [-0.39, 0.29) is 12.2 Å². The maximum absolute atomic E-state index is 14.2. The quantitative estimate of drug-likeness (QED) is 0.106. The number of imidazole rings is 1. The zero-order chi connectivity index (χ0) is 33.9. The number of aromatic nitrogens is 6. The molecule has 0 spiro atoms. The first-order valence-electron chi connectivity index (χ1n) is 14.2. The van der Waals surface area contributed by atoms with Crippen molar-refractivity contribution in [3.8, 4) is 0 Å². The minimum atomic E-state index is -4.38. The van der Waals surface area contributed by atoms with E-state index in [1.165, 1.54) is 26.0 Å². The SMILES string of the molecule is COC1[C@@H](O[P@](=O)(OC[C@H]2O[C@@H](n3cnc4c(N)ncnc43)C[C@H]2O)SCOC(=O)OC(C)C)[C@@H](CO)O[C@H]1n1ccc(=O)[nH]c1=O. The Morgan fingerprint density at radius 3 is 2.70 bits per heavy atom. The second kappa shape index (κ2) is 14.8. The Morgan fingerprint density at radius 2 is 2.00 bits per heavy atom. The van der Waals surface area contributed by atoms with Gasteiger partial charge in [0.15, 0.2) is 23.6 Å². The van der Waals surface area contributed by atoms with Crippen molar-refractivity contribution in [1.82, 2.24) is 29.1 Å². The fourth-order valence-corrected chi connectivity index (χ4v) is 7.77. The smallest absolute Gasteiger partial charge is 0.432 e. The van der Waals surface area contributed by atoms with Gasteiger partial charge in [-0.2, -0.15) is 0 Å². The molecule has 2 aliphatic rings. The molecule has 258 valence electrons. The van der Waals surface area contributed by atoms with E-state index < -0.39 is 92.4 Å². The van der Waals surface area contributed by atoms with Crippen LogP contribution in [0.2, 0.25) is 0 Å². The maximum atomic E-state index is 14.2. The van der Waals surface area contributed by atoms with Gasteiger partial charge in [-0.15, -0.1) is 0 Å². The molecule has 3 aromatic rings. The summed E-state index contributed by atoms with van der Waals surface area (Å²) in [5.41, 5.74) is 5.13. The number of carbonyl (C=O) groups excluding carboxylic acids is 1. The first-order valence-corrected chi connectivity index (χ1v) is 17.3. The maximum Gasteiger partial charge on any atom is 0.509 e. The number of fused-ring (bicyclic) bond motifs is 1. The number of rotatable bonds is 13. The predicted octanol–water partition coefficient (Wildman–Crippen LogP) is 0.274. The third kappa shape index (κ3) is 7.85. The standard InChI is InChI=1S/C25H34N7O13PS/c1-12(2)42-25(37)40-11-47-46(38,45-19-14(7-33)44-23(20(19)39-3)31-5-4-16(35)30-24(31)36)41-8-15-13(34)6-17(43-15)32-10-29-18-21(26)27-9-28-22(18)32/h4-5,9-10,12-15,17,19-20,23,33-34H,6-8,11H2,1-3H3,(H2,26,27,28)(H,30,35,36)/t13-,14-,15-,17-,19+,20?,23-,46+/m1/s1. The number of aliphatic hydroxyl groups excluding tert-OH is 2. The minimum Gasteiger partial charge on any atom is -0.432 e. The molecule has 0 amide bonds. The molecule has 0 saturated carbocycles. The van der Waals surface area contributed by atoms with Crippen molar-refractivity contribution in [2.75, 3.05) is 32.0 Å². The van der Waals surface area contributed by atoms with Crippen LogP contribution in [-0.4, -0.2) is 108 Å². The molecular formula is C25H34N7O13PS. The summed E-state index contributed by atoms with van der Waals surface area (Å²) in [6.45, 7) is -2.26. The number of methoxy groups -OCH3 is 1. The van der Waals surface area contributed by atoms with Crippen LogP contribution < -0.4 is 17.0 Å². The number of nitrogens with zero attached hydrogens (tertiary/aromatic N) is 5. The Kier molecular flexibility index (Phi) is 11.0. The highest BCUT2D eigenvalue weighted by atomic mass is 32.7. The highest BCUT2D eigenvalue weighted by molar-refractivity contribution is 8.55. The Bertz CT molecular complexity index is 1720. The van der Waals surface area contributed by atoms with Crippen LogP contribution in [-0.2, 0) is 37.3 Å². The van der Waals surface area contributed by atoms with Crippen molar-refractivity contribution < 1.29 is 52.3 Å². The number of nitrogens with two attached hydrogens (primary N) is 1. The van der Waals surface area contributed by atoms with Crippen molar-refractivity contribution in [2.24, 2.45) is 0 Å². The molecule has 20 nitrogen and oxygen atoms in total. The highest BCUT2D eigenvalue weighted by Gasteiger charge is 2.51. The van der Waals surface area contributed by atoms with Gasteiger partial charge in [0.05, 0.1) is 31.7 Å². The molecule has 0 aliphatic carbocycles. The Balaban J connectivity index is 1.34. The lowest BCUT2D eigenvalue weighted by Crippen LogP contribution is -2.39. The topological polar surface area (TPSA) is 264 Å². The summed E-state index contributed by atoms with van der Waals surface area (Å²) in [5, 5.41) is 20.9. The molecule has 47 heavy (non-hydrogen) atoms. The largest absolute Gasteiger partial charge is 0.509 e. The second-order valence-corrected chi connectivity index (χ2v) is 14.6. The Labute approximate surface area is 269 Å². The molecule has 1 unspecified atom stereocenters. The average Bonchev–Trinajstić information content (AvgIpc) is 3.71.